The highest BCUT2D eigenvalue weighted by Gasteiger charge is 2.25. The number of carbonyl (C=O) groups excluding carboxylic acids is 1. The molecule has 0 saturated carbocycles. The second-order valence-corrected chi connectivity index (χ2v) is 5.76. The summed E-state index contributed by atoms with van der Waals surface area (Å²) in [5.41, 5.74) is 0.592. The van der Waals surface area contributed by atoms with Crippen LogP contribution in [-0.4, -0.2) is 53.9 Å². The molecular formula is C12H19N3OS. The van der Waals surface area contributed by atoms with Crippen molar-refractivity contribution in [2.45, 2.75) is 25.8 Å². The van der Waals surface area contributed by atoms with Crippen molar-refractivity contribution in [1.29, 1.82) is 0 Å². The van der Waals surface area contributed by atoms with Crippen molar-refractivity contribution in [3.8, 4) is 0 Å². The molecule has 5 heteroatoms. The minimum absolute atomic E-state index is 0.0592. The number of amides is 1. The average Bonchev–Trinajstić information content (AvgIpc) is 2.75. The lowest BCUT2D eigenvalue weighted by Gasteiger charge is -2.34. The molecule has 2 rings (SSSR count). The van der Waals surface area contributed by atoms with Gasteiger partial charge in [-0.05, 0) is 39.9 Å². The molecule has 0 aliphatic carbocycles. The maximum atomic E-state index is 12.2. The van der Waals surface area contributed by atoms with Crippen LogP contribution < -0.4 is 0 Å². The topological polar surface area (TPSA) is 36.4 Å². The average molecular weight is 253 g/mol. The van der Waals surface area contributed by atoms with Crippen molar-refractivity contribution in [1.82, 2.24) is 14.8 Å². The van der Waals surface area contributed by atoms with Crippen molar-refractivity contribution in [3.63, 3.8) is 0 Å². The first-order chi connectivity index (χ1) is 8.08. The van der Waals surface area contributed by atoms with E-state index in [1.165, 1.54) is 11.3 Å². The number of aryl methyl sites for hydroxylation is 1. The molecule has 1 amide bonds. The molecule has 1 aromatic heterocycles. The standard InChI is InChI=1S/C12H19N3OS/c1-9-13-11(8-17-9)12(16)15(3)10-4-6-14(2)7-5-10/h8,10H,4-7H2,1-3H3. The van der Waals surface area contributed by atoms with E-state index in [0.29, 0.717) is 11.7 Å². The van der Waals surface area contributed by atoms with Crippen LogP contribution in [0, 0.1) is 6.92 Å². The van der Waals surface area contributed by atoms with E-state index in [1.54, 1.807) is 0 Å². The quantitative estimate of drug-likeness (QED) is 0.803. The number of piperidine rings is 1. The Bertz CT molecular complexity index is 396. The van der Waals surface area contributed by atoms with Crippen LogP contribution in [0.3, 0.4) is 0 Å². The number of carbonyl (C=O) groups is 1. The lowest BCUT2D eigenvalue weighted by Crippen LogP contribution is -2.44. The molecule has 1 aliphatic rings. The first-order valence-corrected chi connectivity index (χ1v) is 6.83. The van der Waals surface area contributed by atoms with Crippen LogP contribution in [0.5, 0.6) is 0 Å². The summed E-state index contributed by atoms with van der Waals surface area (Å²) in [6.45, 7) is 4.06. The van der Waals surface area contributed by atoms with E-state index in [4.69, 9.17) is 0 Å². The van der Waals surface area contributed by atoms with Crippen LogP contribution in [0.25, 0.3) is 0 Å². The first kappa shape index (κ1) is 12.5. The van der Waals surface area contributed by atoms with Crippen molar-refractivity contribution < 1.29 is 4.79 Å². The van der Waals surface area contributed by atoms with Gasteiger partial charge >= 0.3 is 0 Å². The third-order valence-corrected chi connectivity index (χ3v) is 4.17. The van der Waals surface area contributed by atoms with Gasteiger partial charge in [0.05, 0.1) is 5.01 Å². The Morgan fingerprint density at radius 1 is 1.53 bits per heavy atom. The summed E-state index contributed by atoms with van der Waals surface area (Å²) in [6.07, 6.45) is 2.11. The Kier molecular flexibility index (Phi) is 3.79. The fourth-order valence-corrected chi connectivity index (χ4v) is 2.78. The van der Waals surface area contributed by atoms with E-state index in [0.717, 1.165) is 30.9 Å². The largest absolute Gasteiger partial charge is 0.337 e. The van der Waals surface area contributed by atoms with Gasteiger partial charge in [-0.3, -0.25) is 4.79 Å². The molecular weight excluding hydrogens is 234 g/mol. The van der Waals surface area contributed by atoms with E-state index >= 15 is 0 Å². The number of rotatable bonds is 2. The van der Waals surface area contributed by atoms with Gasteiger partial charge in [0.15, 0.2) is 0 Å². The molecule has 0 spiro atoms. The molecule has 1 fully saturated rings. The van der Waals surface area contributed by atoms with Crippen LogP contribution in [0.4, 0.5) is 0 Å². The maximum absolute atomic E-state index is 12.2. The molecule has 0 bridgehead atoms. The van der Waals surface area contributed by atoms with Crippen molar-refractivity contribution >= 4 is 17.2 Å². The third kappa shape index (κ3) is 2.84. The predicted molar refractivity (Wildman–Crippen MR) is 69.5 cm³/mol. The zero-order chi connectivity index (χ0) is 12.4. The number of aromatic nitrogens is 1. The Labute approximate surface area is 106 Å². The van der Waals surface area contributed by atoms with Crippen LogP contribution >= 0.6 is 11.3 Å². The van der Waals surface area contributed by atoms with Gasteiger partial charge in [0, 0.05) is 18.5 Å². The van der Waals surface area contributed by atoms with Gasteiger partial charge < -0.3 is 9.80 Å². The van der Waals surface area contributed by atoms with Crippen LogP contribution in [0.1, 0.15) is 28.3 Å². The number of nitrogens with zero attached hydrogens (tertiary/aromatic N) is 3. The fraction of sp³-hybridized carbons (Fsp3) is 0.667. The maximum Gasteiger partial charge on any atom is 0.273 e. The second-order valence-electron chi connectivity index (χ2n) is 4.70. The summed E-state index contributed by atoms with van der Waals surface area (Å²) in [5, 5.41) is 2.80. The highest BCUT2D eigenvalue weighted by atomic mass is 32.1. The number of hydrogen-bond acceptors (Lipinski definition) is 4. The van der Waals surface area contributed by atoms with E-state index in [2.05, 4.69) is 16.9 Å². The highest BCUT2D eigenvalue weighted by Crippen LogP contribution is 2.17. The normalized spacial score (nSPS) is 18.3. The second kappa shape index (κ2) is 5.14. The molecule has 1 aromatic rings. The molecule has 1 aliphatic heterocycles. The van der Waals surface area contributed by atoms with Gasteiger partial charge in [-0.25, -0.2) is 4.98 Å². The Morgan fingerprint density at radius 3 is 2.71 bits per heavy atom. The van der Waals surface area contributed by atoms with Gasteiger partial charge in [-0.2, -0.15) is 0 Å². The van der Waals surface area contributed by atoms with E-state index < -0.39 is 0 Å². The molecule has 0 atom stereocenters. The van der Waals surface area contributed by atoms with Crippen LogP contribution in [0.2, 0.25) is 0 Å². The molecule has 0 N–H and O–H groups in total. The Hall–Kier alpha value is -0.940. The number of thiazole rings is 1. The van der Waals surface area contributed by atoms with Gasteiger partial charge in [-0.1, -0.05) is 0 Å². The smallest absolute Gasteiger partial charge is 0.273 e. The fourth-order valence-electron chi connectivity index (χ4n) is 2.19. The molecule has 2 heterocycles. The summed E-state index contributed by atoms with van der Waals surface area (Å²) >= 11 is 1.53. The van der Waals surface area contributed by atoms with Gasteiger partial charge in [0.25, 0.3) is 5.91 Å². The molecule has 0 aromatic carbocycles. The van der Waals surface area contributed by atoms with Crippen molar-refractivity contribution in [2.75, 3.05) is 27.2 Å². The number of hydrogen-bond donors (Lipinski definition) is 0. The Balaban J connectivity index is 2.00. The molecule has 4 nitrogen and oxygen atoms in total. The molecule has 1 saturated heterocycles. The summed E-state index contributed by atoms with van der Waals surface area (Å²) in [7, 11) is 4.02. The molecule has 0 unspecified atom stereocenters. The zero-order valence-electron chi connectivity index (χ0n) is 10.6. The van der Waals surface area contributed by atoms with Gasteiger partial charge in [-0.15, -0.1) is 11.3 Å². The summed E-state index contributed by atoms with van der Waals surface area (Å²) in [6, 6.07) is 0.362. The minimum atomic E-state index is 0.0592. The Morgan fingerprint density at radius 2 is 2.18 bits per heavy atom. The number of likely N-dealkylation sites (tertiary alicyclic amines) is 1. The van der Waals surface area contributed by atoms with Crippen molar-refractivity contribution in [3.05, 3.63) is 16.1 Å². The van der Waals surface area contributed by atoms with E-state index in [-0.39, 0.29) is 5.91 Å². The van der Waals surface area contributed by atoms with E-state index in [9.17, 15) is 4.79 Å². The lowest BCUT2D eigenvalue weighted by atomic mass is 10.0. The molecule has 94 valence electrons. The zero-order valence-corrected chi connectivity index (χ0v) is 11.5. The first-order valence-electron chi connectivity index (χ1n) is 5.96. The third-order valence-electron chi connectivity index (χ3n) is 3.39. The highest BCUT2D eigenvalue weighted by molar-refractivity contribution is 7.09. The summed E-state index contributed by atoms with van der Waals surface area (Å²) in [5.74, 6) is 0.0592. The van der Waals surface area contributed by atoms with Gasteiger partial charge in [0.1, 0.15) is 5.69 Å². The van der Waals surface area contributed by atoms with Gasteiger partial charge in [0.2, 0.25) is 0 Å². The van der Waals surface area contributed by atoms with Crippen molar-refractivity contribution in [2.24, 2.45) is 0 Å². The molecule has 17 heavy (non-hydrogen) atoms. The SMILES string of the molecule is Cc1nc(C(=O)N(C)C2CCN(C)CC2)cs1. The summed E-state index contributed by atoms with van der Waals surface area (Å²) in [4.78, 5) is 20.6. The summed E-state index contributed by atoms with van der Waals surface area (Å²) < 4.78 is 0. The minimum Gasteiger partial charge on any atom is -0.337 e. The van der Waals surface area contributed by atoms with Crippen LogP contribution in [0.15, 0.2) is 5.38 Å². The lowest BCUT2D eigenvalue weighted by molar-refractivity contribution is 0.0654. The van der Waals surface area contributed by atoms with E-state index in [1.807, 2.05) is 24.3 Å². The van der Waals surface area contributed by atoms with Crippen LogP contribution in [-0.2, 0) is 0 Å². The monoisotopic (exact) mass is 253 g/mol. The molecule has 0 radical (unpaired) electrons. The predicted octanol–water partition coefficient (Wildman–Crippen LogP) is 1.62.